The molecule has 0 unspecified atom stereocenters. The molecule has 19 heavy (non-hydrogen) atoms. The molecule has 0 atom stereocenters. The number of halogens is 2. The molecule has 0 saturated carbocycles. The molecule has 0 radical (unpaired) electrons. The molecule has 1 rings (SSSR count). The Morgan fingerprint density at radius 3 is 2.74 bits per heavy atom. The van der Waals surface area contributed by atoms with Gasteiger partial charge in [-0.25, -0.2) is 0 Å². The third kappa shape index (κ3) is 7.93. The van der Waals surface area contributed by atoms with E-state index in [1.807, 2.05) is 12.1 Å². The van der Waals surface area contributed by atoms with Gasteiger partial charge in [-0.05, 0) is 31.5 Å². The summed E-state index contributed by atoms with van der Waals surface area (Å²) >= 11 is 5.92. The van der Waals surface area contributed by atoms with Crippen molar-refractivity contribution in [3.63, 3.8) is 0 Å². The van der Waals surface area contributed by atoms with Gasteiger partial charge in [-0.1, -0.05) is 23.7 Å². The highest BCUT2D eigenvalue weighted by atomic mass is 35.5. The fraction of sp³-hybridized carbons (Fsp3) is 0.462. The van der Waals surface area contributed by atoms with Crippen LogP contribution in [-0.2, 0) is 4.79 Å². The van der Waals surface area contributed by atoms with Crippen LogP contribution in [0.15, 0.2) is 24.3 Å². The maximum Gasteiger partial charge on any atom is 0.223 e. The highest BCUT2D eigenvalue weighted by Crippen LogP contribution is 2.22. The van der Waals surface area contributed by atoms with Gasteiger partial charge in [0.2, 0.25) is 5.91 Å². The molecule has 1 aromatic carbocycles. The average Bonchev–Trinajstić information content (AvgIpc) is 2.37. The number of para-hydroxylation sites is 1. The summed E-state index contributed by atoms with van der Waals surface area (Å²) in [5.41, 5.74) is 5.36. The number of hydrogen-bond acceptors (Lipinski definition) is 3. The van der Waals surface area contributed by atoms with Gasteiger partial charge in [0.15, 0.2) is 0 Å². The molecule has 0 aliphatic carbocycles. The monoisotopic (exact) mass is 306 g/mol. The normalized spacial score (nSPS) is 9.58. The minimum absolute atomic E-state index is 0. The molecule has 108 valence electrons. The lowest BCUT2D eigenvalue weighted by atomic mass is 10.3. The van der Waals surface area contributed by atoms with Crippen molar-refractivity contribution in [1.29, 1.82) is 0 Å². The van der Waals surface area contributed by atoms with Crippen LogP contribution in [0.4, 0.5) is 0 Å². The van der Waals surface area contributed by atoms with Gasteiger partial charge in [0.25, 0.3) is 0 Å². The fourth-order valence-electron chi connectivity index (χ4n) is 1.40. The minimum Gasteiger partial charge on any atom is -0.491 e. The molecule has 1 amide bonds. The van der Waals surface area contributed by atoms with Gasteiger partial charge in [-0.15, -0.1) is 12.4 Å². The van der Waals surface area contributed by atoms with Crippen molar-refractivity contribution in [1.82, 2.24) is 5.32 Å². The van der Waals surface area contributed by atoms with E-state index in [9.17, 15) is 4.79 Å². The van der Waals surface area contributed by atoms with Crippen LogP contribution in [-0.4, -0.2) is 25.6 Å². The molecule has 0 heterocycles. The van der Waals surface area contributed by atoms with E-state index in [0.29, 0.717) is 36.9 Å². The van der Waals surface area contributed by atoms with E-state index < -0.39 is 0 Å². The molecule has 0 bridgehead atoms. The molecule has 0 aromatic heterocycles. The zero-order valence-electron chi connectivity index (χ0n) is 10.7. The molecule has 0 aliphatic rings. The topological polar surface area (TPSA) is 64.3 Å². The summed E-state index contributed by atoms with van der Waals surface area (Å²) in [6.07, 6.45) is 2.16. The first kappa shape index (κ1) is 18.0. The highest BCUT2D eigenvalue weighted by Gasteiger charge is 2.03. The molecule has 1 aromatic rings. The number of hydrogen-bond donors (Lipinski definition) is 2. The second kappa shape index (κ2) is 10.9. The third-order valence-corrected chi connectivity index (χ3v) is 2.69. The number of rotatable bonds is 8. The number of carbonyl (C=O) groups is 1. The Hall–Kier alpha value is -0.970. The van der Waals surface area contributed by atoms with Crippen LogP contribution in [0.2, 0.25) is 5.02 Å². The number of unbranched alkanes of at least 4 members (excludes halogenated alkanes) is 1. The van der Waals surface area contributed by atoms with Crippen LogP contribution in [0.25, 0.3) is 0 Å². The molecular formula is C13H20Cl2N2O2. The van der Waals surface area contributed by atoms with Gasteiger partial charge in [0.05, 0.1) is 18.1 Å². The summed E-state index contributed by atoms with van der Waals surface area (Å²) in [5.74, 6) is 0.592. The maximum atomic E-state index is 11.4. The van der Waals surface area contributed by atoms with Crippen molar-refractivity contribution < 1.29 is 9.53 Å². The lowest BCUT2D eigenvalue weighted by Gasteiger charge is -2.08. The first-order valence-corrected chi connectivity index (χ1v) is 6.46. The Morgan fingerprint density at radius 2 is 2.05 bits per heavy atom. The standard InChI is InChI=1S/C13H19ClN2O2.ClH/c14-11-5-1-2-6-12(11)18-10-7-13(17)16-9-4-3-8-15;/h1-2,5-6H,3-4,7-10,15H2,(H,16,17);1H. The van der Waals surface area contributed by atoms with Gasteiger partial charge in [-0.2, -0.15) is 0 Å². The number of ether oxygens (including phenoxy) is 1. The maximum absolute atomic E-state index is 11.4. The second-order valence-corrected chi connectivity index (χ2v) is 4.28. The Kier molecular flexibility index (Phi) is 10.4. The lowest BCUT2D eigenvalue weighted by molar-refractivity contribution is -0.121. The first-order valence-electron chi connectivity index (χ1n) is 6.08. The van der Waals surface area contributed by atoms with Gasteiger partial charge in [-0.3, -0.25) is 4.79 Å². The molecular weight excluding hydrogens is 287 g/mol. The average molecular weight is 307 g/mol. The minimum atomic E-state index is -0.0147. The molecule has 4 nitrogen and oxygen atoms in total. The fourth-order valence-corrected chi connectivity index (χ4v) is 1.59. The van der Waals surface area contributed by atoms with E-state index in [0.717, 1.165) is 12.8 Å². The van der Waals surface area contributed by atoms with E-state index >= 15 is 0 Å². The van der Waals surface area contributed by atoms with Gasteiger partial charge in [0, 0.05) is 6.54 Å². The van der Waals surface area contributed by atoms with Gasteiger partial charge < -0.3 is 15.8 Å². The highest BCUT2D eigenvalue weighted by molar-refractivity contribution is 6.32. The van der Waals surface area contributed by atoms with Crippen molar-refractivity contribution in [3.05, 3.63) is 29.3 Å². The molecule has 0 fully saturated rings. The van der Waals surface area contributed by atoms with Crippen molar-refractivity contribution in [3.8, 4) is 5.75 Å². The van der Waals surface area contributed by atoms with Gasteiger partial charge in [0.1, 0.15) is 5.75 Å². The molecule has 0 aliphatic heterocycles. The van der Waals surface area contributed by atoms with Crippen molar-refractivity contribution in [2.24, 2.45) is 5.73 Å². The van der Waals surface area contributed by atoms with Crippen LogP contribution in [0, 0.1) is 0 Å². The number of amides is 1. The Bertz CT molecular complexity index is 375. The summed E-state index contributed by atoms with van der Waals surface area (Å²) in [6, 6.07) is 7.21. The van der Waals surface area contributed by atoms with Gasteiger partial charge >= 0.3 is 0 Å². The van der Waals surface area contributed by atoms with E-state index in [2.05, 4.69) is 5.32 Å². The second-order valence-electron chi connectivity index (χ2n) is 3.87. The smallest absolute Gasteiger partial charge is 0.223 e. The summed E-state index contributed by atoms with van der Waals surface area (Å²) < 4.78 is 5.42. The Morgan fingerprint density at radius 1 is 1.32 bits per heavy atom. The number of nitrogens with two attached hydrogens (primary N) is 1. The summed E-state index contributed by atoms with van der Waals surface area (Å²) in [7, 11) is 0. The number of nitrogens with one attached hydrogen (secondary N) is 1. The quantitative estimate of drug-likeness (QED) is 0.725. The van der Waals surface area contributed by atoms with Crippen LogP contribution in [0.5, 0.6) is 5.75 Å². The molecule has 0 saturated heterocycles. The van der Waals surface area contributed by atoms with E-state index in [1.165, 1.54) is 0 Å². The van der Waals surface area contributed by atoms with Crippen molar-refractivity contribution in [2.45, 2.75) is 19.3 Å². The number of carbonyl (C=O) groups excluding carboxylic acids is 1. The SMILES string of the molecule is Cl.NCCCCNC(=O)CCOc1ccccc1Cl. The Labute approximate surface area is 125 Å². The van der Waals surface area contributed by atoms with Crippen molar-refractivity contribution >= 4 is 29.9 Å². The number of benzene rings is 1. The van der Waals surface area contributed by atoms with Crippen LogP contribution >= 0.6 is 24.0 Å². The summed E-state index contributed by atoms with van der Waals surface area (Å²) in [5, 5.41) is 3.37. The lowest BCUT2D eigenvalue weighted by Crippen LogP contribution is -2.26. The first-order chi connectivity index (χ1) is 8.74. The van der Waals surface area contributed by atoms with E-state index in [4.69, 9.17) is 22.1 Å². The van der Waals surface area contributed by atoms with Crippen LogP contribution in [0.1, 0.15) is 19.3 Å². The molecule has 0 spiro atoms. The third-order valence-electron chi connectivity index (χ3n) is 2.38. The zero-order chi connectivity index (χ0) is 13.2. The summed E-state index contributed by atoms with van der Waals surface area (Å²) in [4.78, 5) is 11.4. The molecule has 6 heteroatoms. The van der Waals surface area contributed by atoms with E-state index in [1.54, 1.807) is 12.1 Å². The van der Waals surface area contributed by atoms with Crippen molar-refractivity contribution in [2.75, 3.05) is 19.7 Å². The summed E-state index contributed by atoms with van der Waals surface area (Å²) in [6.45, 7) is 1.65. The predicted octanol–water partition coefficient (Wildman–Crippen LogP) is 2.39. The predicted molar refractivity (Wildman–Crippen MR) is 80.1 cm³/mol. The van der Waals surface area contributed by atoms with Crippen LogP contribution < -0.4 is 15.8 Å². The largest absolute Gasteiger partial charge is 0.491 e. The Balaban J connectivity index is 0.00000324. The zero-order valence-corrected chi connectivity index (χ0v) is 12.3. The van der Waals surface area contributed by atoms with E-state index in [-0.39, 0.29) is 18.3 Å². The van der Waals surface area contributed by atoms with Crippen LogP contribution in [0.3, 0.4) is 0 Å². The molecule has 3 N–H and O–H groups in total.